The summed E-state index contributed by atoms with van der Waals surface area (Å²) in [6, 6.07) is -0.661. The van der Waals surface area contributed by atoms with Gasteiger partial charge in [-0.1, -0.05) is 0 Å². The number of methoxy groups -OCH3 is 1. The largest absolute Gasteiger partial charge is 0.480 e. The van der Waals surface area contributed by atoms with E-state index in [-0.39, 0.29) is 12.1 Å². The molecule has 1 N–H and O–H groups in total. The standard InChI is InChI=1S/C11H18N2O4/c1-12(7-3-4-7)11(16)13-6-8(17-2)5-9(13)10(14)15/h7-9H,3-6H2,1-2H3,(H,14,15). The highest BCUT2D eigenvalue weighted by Crippen LogP contribution is 2.29. The minimum atomic E-state index is -0.956. The zero-order valence-corrected chi connectivity index (χ0v) is 10.1. The van der Waals surface area contributed by atoms with Crippen LogP contribution in [0.1, 0.15) is 19.3 Å². The number of likely N-dealkylation sites (tertiary alicyclic amines) is 1. The fourth-order valence-corrected chi connectivity index (χ4v) is 2.23. The number of hydrogen-bond acceptors (Lipinski definition) is 3. The predicted molar refractivity (Wildman–Crippen MR) is 59.7 cm³/mol. The molecule has 1 heterocycles. The highest BCUT2D eigenvalue weighted by atomic mass is 16.5. The molecule has 0 bridgehead atoms. The Bertz CT molecular complexity index is 329. The van der Waals surface area contributed by atoms with E-state index in [2.05, 4.69) is 0 Å². The molecule has 1 saturated carbocycles. The number of ether oxygens (including phenoxy) is 1. The second-order valence-corrected chi connectivity index (χ2v) is 4.72. The number of carboxylic acid groups (broad SMARTS) is 1. The van der Waals surface area contributed by atoms with Crippen LogP contribution in [0.25, 0.3) is 0 Å². The van der Waals surface area contributed by atoms with Crippen molar-refractivity contribution in [3.63, 3.8) is 0 Å². The topological polar surface area (TPSA) is 70.1 Å². The molecule has 1 aliphatic heterocycles. The molecule has 6 heteroatoms. The molecule has 17 heavy (non-hydrogen) atoms. The zero-order valence-electron chi connectivity index (χ0n) is 10.1. The van der Waals surface area contributed by atoms with Gasteiger partial charge in [-0.3, -0.25) is 0 Å². The lowest BCUT2D eigenvalue weighted by Crippen LogP contribution is -2.47. The highest BCUT2D eigenvalue weighted by Gasteiger charge is 2.43. The van der Waals surface area contributed by atoms with Crippen LogP contribution in [0.2, 0.25) is 0 Å². The number of nitrogens with zero attached hydrogens (tertiary/aromatic N) is 2. The fraction of sp³-hybridized carbons (Fsp3) is 0.818. The van der Waals surface area contributed by atoms with Crippen LogP contribution >= 0.6 is 0 Å². The number of carboxylic acids is 1. The van der Waals surface area contributed by atoms with Crippen LogP contribution < -0.4 is 0 Å². The quantitative estimate of drug-likeness (QED) is 0.776. The predicted octanol–water partition coefficient (Wildman–Crippen LogP) is 0.375. The summed E-state index contributed by atoms with van der Waals surface area (Å²) in [5.41, 5.74) is 0. The Morgan fingerprint density at radius 3 is 2.53 bits per heavy atom. The summed E-state index contributed by atoms with van der Waals surface area (Å²) in [5.74, 6) is -0.956. The van der Waals surface area contributed by atoms with Gasteiger partial charge in [-0.2, -0.15) is 0 Å². The Hall–Kier alpha value is -1.30. The maximum absolute atomic E-state index is 12.1. The lowest BCUT2D eigenvalue weighted by atomic mass is 10.2. The third kappa shape index (κ3) is 2.36. The van der Waals surface area contributed by atoms with Crippen LogP contribution in [0.3, 0.4) is 0 Å². The van der Waals surface area contributed by atoms with Crippen LogP contribution in [0.5, 0.6) is 0 Å². The molecule has 0 spiro atoms. The molecule has 0 aromatic carbocycles. The van der Waals surface area contributed by atoms with E-state index in [0.29, 0.717) is 19.0 Å². The number of urea groups is 1. The molecular formula is C11H18N2O4. The van der Waals surface area contributed by atoms with Gasteiger partial charge in [-0.25, -0.2) is 9.59 Å². The molecular weight excluding hydrogens is 224 g/mol. The highest BCUT2D eigenvalue weighted by molar-refractivity contribution is 5.83. The molecule has 6 nitrogen and oxygen atoms in total. The number of aliphatic carboxylic acids is 1. The van der Waals surface area contributed by atoms with Crippen molar-refractivity contribution in [2.45, 2.75) is 37.5 Å². The van der Waals surface area contributed by atoms with Gasteiger partial charge in [0.05, 0.1) is 6.10 Å². The Morgan fingerprint density at radius 1 is 1.41 bits per heavy atom. The van der Waals surface area contributed by atoms with Crippen molar-refractivity contribution in [2.24, 2.45) is 0 Å². The Labute approximate surface area is 100 Å². The lowest BCUT2D eigenvalue weighted by Gasteiger charge is -2.27. The minimum Gasteiger partial charge on any atom is -0.480 e. The van der Waals surface area contributed by atoms with Gasteiger partial charge in [-0.05, 0) is 12.8 Å². The normalized spacial score (nSPS) is 28.2. The van der Waals surface area contributed by atoms with Crippen molar-refractivity contribution in [3.8, 4) is 0 Å². The first kappa shape index (κ1) is 12.2. The molecule has 2 unspecified atom stereocenters. The first-order valence-electron chi connectivity index (χ1n) is 5.83. The van der Waals surface area contributed by atoms with E-state index < -0.39 is 12.0 Å². The van der Waals surface area contributed by atoms with Gasteiger partial charge in [-0.15, -0.1) is 0 Å². The van der Waals surface area contributed by atoms with Crippen LogP contribution in [0, 0.1) is 0 Å². The van der Waals surface area contributed by atoms with Gasteiger partial charge in [0, 0.05) is 33.2 Å². The number of rotatable bonds is 3. The first-order valence-corrected chi connectivity index (χ1v) is 5.83. The van der Waals surface area contributed by atoms with Crippen LogP contribution in [-0.2, 0) is 9.53 Å². The number of hydrogen-bond donors (Lipinski definition) is 1. The molecule has 2 atom stereocenters. The van der Waals surface area contributed by atoms with Crippen LogP contribution in [0.4, 0.5) is 4.79 Å². The number of carbonyl (C=O) groups is 2. The average Bonchev–Trinajstić information content (AvgIpc) is 3.05. The second kappa shape index (κ2) is 4.52. The van der Waals surface area contributed by atoms with E-state index in [1.807, 2.05) is 0 Å². The van der Waals surface area contributed by atoms with Crippen molar-refractivity contribution in [1.82, 2.24) is 9.80 Å². The van der Waals surface area contributed by atoms with Crippen LogP contribution in [-0.4, -0.2) is 65.8 Å². The molecule has 2 amide bonds. The molecule has 96 valence electrons. The van der Waals surface area contributed by atoms with E-state index in [9.17, 15) is 9.59 Å². The van der Waals surface area contributed by atoms with Crippen molar-refractivity contribution in [2.75, 3.05) is 20.7 Å². The smallest absolute Gasteiger partial charge is 0.326 e. The van der Waals surface area contributed by atoms with Gasteiger partial charge in [0.25, 0.3) is 0 Å². The van der Waals surface area contributed by atoms with E-state index in [4.69, 9.17) is 9.84 Å². The lowest BCUT2D eigenvalue weighted by molar-refractivity contribution is -0.141. The Morgan fingerprint density at radius 2 is 2.06 bits per heavy atom. The minimum absolute atomic E-state index is 0.173. The summed E-state index contributed by atoms with van der Waals surface area (Å²) >= 11 is 0. The fourth-order valence-electron chi connectivity index (χ4n) is 2.23. The maximum atomic E-state index is 12.1. The maximum Gasteiger partial charge on any atom is 0.326 e. The monoisotopic (exact) mass is 242 g/mol. The molecule has 2 fully saturated rings. The molecule has 1 saturated heterocycles. The van der Waals surface area contributed by atoms with Crippen molar-refractivity contribution >= 4 is 12.0 Å². The van der Waals surface area contributed by atoms with Crippen molar-refractivity contribution in [3.05, 3.63) is 0 Å². The third-order valence-electron chi connectivity index (χ3n) is 3.52. The molecule has 0 aromatic rings. The SMILES string of the molecule is COC1CC(C(=O)O)N(C(=O)N(C)C2CC2)C1. The summed E-state index contributed by atoms with van der Waals surface area (Å²) in [7, 11) is 3.28. The van der Waals surface area contributed by atoms with Gasteiger partial charge >= 0.3 is 12.0 Å². The van der Waals surface area contributed by atoms with Gasteiger partial charge in [0.1, 0.15) is 6.04 Å². The summed E-state index contributed by atoms with van der Waals surface area (Å²) < 4.78 is 5.15. The van der Waals surface area contributed by atoms with Crippen molar-refractivity contribution < 1.29 is 19.4 Å². The van der Waals surface area contributed by atoms with E-state index >= 15 is 0 Å². The zero-order chi connectivity index (χ0) is 12.6. The second-order valence-electron chi connectivity index (χ2n) is 4.72. The van der Waals surface area contributed by atoms with Gasteiger partial charge in [0.15, 0.2) is 0 Å². The average molecular weight is 242 g/mol. The number of amides is 2. The van der Waals surface area contributed by atoms with Gasteiger partial charge < -0.3 is 19.6 Å². The van der Waals surface area contributed by atoms with Crippen LogP contribution in [0.15, 0.2) is 0 Å². The van der Waals surface area contributed by atoms with E-state index in [1.165, 1.54) is 4.90 Å². The first-order chi connectivity index (χ1) is 8.04. The molecule has 0 radical (unpaired) electrons. The third-order valence-corrected chi connectivity index (χ3v) is 3.52. The molecule has 2 aliphatic rings. The summed E-state index contributed by atoms with van der Waals surface area (Å²) in [6.45, 7) is 0.364. The van der Waals surface area contributed by atoms with Gasteiger partial charge in [0.2, 0.25) is 0 Å². The molecule has 1 aliphatic carbocycles. The molecule has 0 aromatic heterocycles. The van der Waals surface area contributed by atoms with Crippen molar-refractivity contribution in [1.29, 1.82) is 0 Å². The summed E-state index contributed by atoms with van der Waals surface area (Å²) in [5, 5.41) is 9.11. The summed E-state index contributed by atoms with van der Waals surface area (Å²) in [6.07, 6.45) is 2.23. The van der Waals surface area contributed by atoms with E-state index in [0.717, 1.165) is 12.8 Å². The Balaban J connectivity index is 2.06. The summed E-state index contributed by atoms with van der Waals surface area (Å²) in [4.78, 5) is 26.3. The molecule has 2 rings (SSSR count). The van der Waals surface area contributed by atoms with E-state index in [1.54, 1.807) is 19.1 Å². The Kier molecular flexibility index (Phi) is 3.24. The number of carbonyl (C=O) groups excluding carboxylic acids is 1.